The number of nitrogens with zero attached hydrogens (tertiary/aromatic N) is 6. The lowest BCUT2D eigenvalue weighted by molar-refractivity contribution is 0.478. The number of pyridine rings is 2. The number of nitrogens with one attached hydrogen (secondary N) is 3. The van der Waals surface area contributed by atoms with Crippen LogP contribution >= 0.6 is 12.6 Å². The SMILES string of the molecule is CC(C)[C@@](S)(Nc1c(-c2nc3cnccc3[nH]2)c(=O)[nH]c2cn(C)nc12)c1ncccn1. The number of fused-ring (bicyclic) bond motifs is 2. The minimum absolute atomic E-state index is 0.0426. The third-order valence-electron chi connectivity index (χ3n) is 5.37. The van der Waals surface area contributed by atoms with Crippen LogP contribution in [-0.2, 0) is 11.9 Å². The third kappa shape index (κ3) is 3.21. The van der Waals surface area contributed by atoms with Crippen LogP contribution in [0.4, 0.5) is 5.69 Å². The van der Waals surface area contributed by atoms with Crippen molar-refractivity contribution in [3.8, 4) is 11.4 Å². The minimum atomic E-state index is -0.984. The Hall–Kier alpha value is -3.73. The molecule has 0 amide bonds. The van der Waals surface area contributed by atoms with E-state index in [0.29, 0.717) is 39.4 Å². The van der Waals surface area contributed by atoms with Crippen molar-refractivity contribution in [1.29, 1.82) is 0 Å². The van der Waals surface area contributed by atoms with Gasteiger partial charge < -0.3 is 15.3 Å². The van der Waals surface area contributed by atoms with Crippen LogP contribution in [0, 0.1) is 5.92 Å². The molecule has 0 aliphatic rings. The highest BCUT2D eigenvalue weighted by atomic mass is 32.1. The van der Waals surface area contributed by atoms with E-state index in [1.807, 2.05) is 13.8 Å². The van der Waals surface area contributed by atoms with Gasteiger partial charge >= 0.3 is 0 Å². The molecule has 1 atom stereocenters. The van der Waals surface area contributed by atoms with Crippen molar-refractivity contribution in [2.45, 2.75) is 18.7 Å². The van der Waals surface area contributed by atoms with Crippen molar-refractivity contribution in [3.63, 3.8) is 0 Å². The van der Waals surface area contributed by atoms with Crippen LogP contribution in [0.1, 0.15) is 19.7 Å². The molecule has 5 rings (SSSR count). The zero-order valence-electron chi connectivity index (χ0n) is 17.7. The molecule has 0 aliphatic carbocycles. The highest BCUT2D eigenvalue weighted by Gasteiger charge is 2.37. The Morgan fingerprint density at radius 2 is 1.94 bits per heavy atom. The Morgan fingerprint density at radius 3 is 2.66 bits per heavy atom. The van der Waals surface area contributed by atoms with Crippen molar-refractivity contribution in [2.75, 3.05) is 5.32 Å². The van der Waals surface area contributed by atoms with Crippen molar-refractivity contribution in [3.05, 3.63) is 59.3 Å². The predicted molar refractivity (Wildman–Crippen MR) is 125 cm³/mol. The fraction of sp³-hybridized carbons (Fsp3) is 0.238. The van der Waals surface area contributed by atoms with E-state index in [2.05, 4.69) is 40.3 Å². The summed E-state index contributed by atoms with van der Waals surface area (Å²) in [6, 6.07) is 3.55. The number of imidazole rings is 1. The molecule has 0 aromatic carbocycles. The number of hydrogen-bond acceptors (Lipinski definition) is 8. The summed E-state index contributed by atoms with van der Waals surface area (Å²) >= 11 is 4.97. The number of thiol groups is 1. The van der Waals surface area contributed by atoms with Gasteiger partial charge in [0.1, 0.15) is 27.3 Å². The van der Waals surface area contributed by atoms with Crippen LogP contribution in [0.3, 0.4) is 0 Å². The number of H-pyrrole nitrogens is 2. The molecule has 0 bridgehead atoms. The van der Waals surface area contributed by atoms with E-state index in [4.69, 9.17) is 12.6 Å². The van der Waals surface area contributed by atoms with Crippen LogP contribution in [-0.4, -0.2) is 39.7 Å². The summed E-state index contributed by atoms with van der Waals surface area (Å²) in [5.74, 6) is 0.846. The Bertz CT molecular complexity index is 1460. The zero-order chi connectivity index (χ0) is 22.5. The van der Waals surface area contributed by atoms with Gasteiger partial charge in [0, 0.05) is 31.8 Å². The van der Waals surface area contributed by atoms with E-state index in [1.54, 1.807) is 54.8 Å². The number of anilines is 1. The minimum Gasteiger partial charge on any atom is -0.362 e. The van der Waals surface area contributed by atoms with Crippen LogP contribution in [0.15, 0.2) is 47.9 Å². The topological polar surface area (TPSA) is 130 Å². The van der Waals surface area contributed by atoms with Gasteiger partial charge in [-0.25, -0.2) is 15.0 Å². The molecule has 5 aromatic rings. The lowest BCUT2D eigenvalue weighted by atomic mass is 10.0. The van der Waals surface area contributed by atoms with Crippen LogP contribution < -0.4 is 10.9 Å². The second-order valence-electron chi connectivity index (χ2n) is 7.87. The monoisotopic (exact) mass is 447 g/mol. The zero-order valence-corrected chi connectivity index (χ0v) is 18.6. The van der Waals surface area contributed by atoms with Gasteiger partial charge in [-0.05, 0) is 18.1 Å². The summed E-state index contributed by atoms with van der Waals surface area (Å²) in [6.45, 7) is 4.01. The van der Waals surface area contributed by atoms with Gasteiger partial charge in [-0.15, -0.1) is 12.6 Å². The first kappa shape index (κ1) is 20.2. The first-order chi connectivity index (χ1) is 15.4. The second kappa shape index (κ2) is 7.45. The molecule has 0 unspecified atom stereocenters. The maximum Gasteiger partial charge on any atom is 0.261 e. The molecule has 11 heteroatoms. The molecule has 162 valence electrons. The summed E-state index contributed by atoms with van der Waals surface area (Å²) < 4.78 is 1.65. The average Bonchev–Trinajstić information content (AvgIpc) is 3.36. The van der Waals surface area contributed by atoms with Gasteiger partial charge in [-0.2, -0.15) is 5.10 Å². The summed E-state index contributed by atoms with van der Waals surface area (Å²) in [5.41, 5.74) is 3.10. The first-order valence-corrected chi connectivity index (χ1v) is 10.5. The van der Waals surface area contributed by atoms with Gasteiger partial charge in [-0.3, -0.25) is 14.5 Å². The molecule has 0 saturated carbocycles. The fourth-order valence-electron chi connectivity index (χ4n) is 3.65. The summed E-state index contributed by atoms with van der Waals surface area (Å²) in [6.07, 6.45) is 8.39. The standard InChI is InChI=1S/C21H21N9OS/c1-11(2)21(32,20-23-6-4-7-24-20)28-17-15(18-25-12-5-8-22-9-13(12)26-18)19(31)27-14-10-30(3)29-16(14)17/h4-11,28,32H,1-3H3,(H,25,26)(H,27,31)/t21-/m0/s1. The van der Waals surface area contributed by atoms with E-state index in [-0.39, 0.29) is 11.5 Å². The predicted octanol–water partition coefficient (Wildman–Crippen LogP) is 2.84. The molecule has 0 fully saturated rings. The van der Waals surface area contributed by atoms with Gasteiger partial charge in [0.25, 0.3) is 5.56 Å². The first-order valence-electron chi connectivity index (χ1n) is 10.0. The molecule has 5 aromatic heterocycles. The Morgan fingerprint density at radius 1 is 1.16 bits per heavy atom. The maximum absolute atomic E-state index is 13.3. The van der Waals surface area contributed by atoms with E-state index < -0.39 is 4.87 Å². The quantitative estimate of drug-likeness (QED) is 0.241. The van der Waals surface area contributed by atoms with E-state index in [9.17, 15) is 4.79 Å². The van der Waals surface area contributed by atoms with Crippen molar-refractivity contribution >= 4 is 40.4 Å². The summed E-state index contributed by atoms with van der Waals surface area (Å²) in [7, 11) is 1.80. The van der Waals surface area contributed by atoms with Gasteiger partial charge in [-0.1, -0.05) is 13.8 Å². The largest absolute Gasteiger partial charge is 0.362 e. The molecule has 0 saturated heterocycles. The van der Waals surface area contributed by atoms with E-state index >= 15 is 0 Å². The van der Waals surface area contributed by atoms with Gasteiger partial charge in [0.15, 0.2) is 5.82 Å². The van der Waals surface area contributed by atoms with Crippen LogP contribution in [0.5, 0.6) is 0 Å². The Balaban J connectivity index is 1.79. The molecular formula is C21H21N9OS. The number of hydrogen-bond donors (Lipinski definition) is 4. The van der Waals surface area contributed by atoms with Crippen molar-refractivity contribution in [1.82, 2.24) is 39.7 Å². The second-order valence-corrected chi connectivity index (χ2v) is 8.57. The van der Waals surface area contributed by atoms with Crippen molar-refractivity contribution < 1.29 is 0 Å². The van der Waals surface area contributed by atoms with Gasteiger partial charge in [0.05, 0.1) is 22.9 Å². The van der Waals surface area contributed by atoms with E-state index in [0.717, 1.165) is 5.52 Å². The number of rotatable bonds is 5. The molecule has 0 spiro atoms. The number of aryl methyl sites for hydroxylation is 1. The van der Waals surface area contributed by atoms with Crippen molar-refractivity contribution in [2.24, 2.45) is 13.0 Å². The smallest absolute Gasteiger partial charge is 0.261 e. The van der Waals surface area contributed by atoms with E-state index in [1.165, 1.54) is 0 Å². The number of aromatic amines is 2. The molecule has 0 aliphatic heterocycles. The molecular weight excluding hydrogens is 426 g/mol. The lowest BCUT2D eigenvalue weighted by Crippen LogP contribution is -2.37. The Labute approximate surface area is 188 Å². The highest BCUT2D eigenvalue weighted by molar-refractivity contribution is 7.81. The highest BCUT2D eigenvalue weighted by Crippen LogP contribution is 2.39. The number of aromatic nitrogens is 8. The molecule has 0 radical (unpaired) electrons. The fourth-order valence-corrected chi connectivity index (χ4v) is 3.88. The molecule has 3 N–H and O–H groups in total. The normalized spacial score (nSPS) is 13.7. The summed E-state index contributed by atoms with van der Waals surface area (Å²) in [4.78, 5) is 36.0. The average molecular weight is 448 g/mol. The summed E-state index contributed by atoms with van der Waals surface area (Å²) in [5, 5.41) is 8.03. The molecule has 10 nitrogen and oxygen atoms in total. The molecule has 32 heavy (non-hydrogen) atoms. The Kier molecular flexibility index (Phi) is 4.70. The maximum atomic E-state index is 13.3. The molecule has 5 heterocycles. The van der Waals surface area contributed by atoms with Gasteiger partial charge in [0.2, 0.25) is 0 Å². The third-order valence-corrected chi connectivity index (χ3v) is 6.20. The van der Waals surface area contributed by atoms with Crippen LogP contribution in [0.2, 0.25) is 0 Å². The lowest BCUT2D eigenvalue weighted by Gasteiger charge is -2.33. The van der Waals surface area contributed by atoms with Crippen LogP contribution in [0.25, 0.3) is 33.5 Å².